The molecule has 3 aromatic rings. The Morgan fingerprint density at radius 2 is 1.87 bits per heavy atom. The van der Waals surface area contributed by atoms with E-state index >= 15 is 0 Å². The molecule has 30 heavy (non-hydrogen) atoms. The van der Waals surface area contributed by atoms with Gasteiger partial charge in [-0.1, -0.05) is 25.1 Å². The molecule has 0 bridgehead atoms. The van der Waals surface area contributed by atoms with E-state index in [1.807, 2.05) is 67.3 Å². The normalized spacial score (nSPS) is 13.7. The van der Waals surface area contributed by atoms with Crippen LogP contribution in [0.4, 0.5) is 5.69 Å². The van der Waals surface area contributed by atoms with Crippen molar-refractivity contribution in [3.8, 4) is 11.1 Å². The molecule has 2 heterocycles. The highest BCUT2D eigenvalue weighted by Gasteiger charge is 2.23. The minimum absolute atomic E-state index is 0.0196. The molecule has 0 saturated carbocycles. The third kappa shape index (κ3) is 4.15. The van der Waals surface area contributed by atoms with Gasteiger partial charge in [-0.15, -0.1) is 0 Å². The second kappa shape index (κ2) is 8.57. The van der Waals surface area contributed by atoms with Crippen LogP contribution in [0.15, 0.2) is 65.3 Å². The summed E-state index contributed by atoms with van der Waals surface area (Å²) in [5.41, 5.74) is 5.00. The lowest BCUT2D eigenvalue weighted by molar-refractivity contribution is -0.118. The minimum atomic E-state index is -0.0942. The van der Waals surface area contributed by atoms with Crippen LogP contribution in [-0.2, 0) is 17.6 Å². The quantitative estimate of drug-likeness (QED) is 0.655. The molecule has 154 valence electrons. The predicted octanol–water partition coefficient (Wildman–Crippen LogP) is 4.61. The highest BCUT2D eigenvalue weighted by molar-refractivity contribution is 5.96. The third-order valence-electron chi connectivity index (χ3n) is 5.52. The molecule has 5 heteroatoms. The van der Waals surface area contributed by atoms with Gasteiger partial charge < -0.3 is 14.6 Å². The van der Waals surface area contributed by atoms with Gasteiger partial charge >= 0.3 is 0 Å². The number of carbonyl (C=O) groups is 2. The molecule has 1 aliphatic rings. The van der Waals surface area contributed by atoms with E-state index in [0.717, 1.165) is 35.5 Å². The van der Waals surface area contributed by atoms with Crippen molar-refractivity contribution in [3.63, 3.8) is 0 Å². The third-order valence-corrected chi connectivity index (χ3v) is 5.52. The lowest BCUT2D eigenvalue weighted by Crippen LogP contribution is -2.33. The second-order valence-corrected chi connectivity index (χ2v) is 7.73. The Balaban J connectivity index is 1.43. The van der Waals surface area contributed by atoms with Gasteiger partial charge in [0.25, 0.3) is 5.91 Å². The number of carbonyl (C=O) groups excluding carboxylic acids is 2. The van der Waals surface area contributed by atoms with E-state index in [4.69, 9.17) is 4.42 Å². The Hall–Kier alpha value is -3.34. The number of rotatable bonds is 6. The summed E-state index contributed by atoms with van der Waals surface area (Å²) < 4.78 is 5.34. The van der Waals surface area contributed by atoms with E-state index in [9.17, 15) is 9.59 Å². The Labute approximate surface area is 176 Å². The maximum absolute atomic E-state index is 12.5. The highest BCUT2D eigenvalue weighted by Crippen LogP contribution is 2.32. The average molecular weight is 402 g/mol. The summed E-state index contributed by atoms with van der Waals surface area (Å²) in [6.45, 7) is 4.61. The summed E-state index contributed by atoms with van der Waals surface area (Å²) in [7, 11) is 0. The molecule has 1 aliphatic heterocycles. The fraction of sp³-hybridized carbons (Fsp3) is 0.280. The lowest BCUT2D eigenvalue weighted by Gasteiger charge is -2.16. The number of benzene rings is 2. The van der Waals surface area contributed by atoms with Crippen LogP contribution in [0.25, 0.3) is 11.1 Å². The van der Waals surface area contributed by atoms with Crippen molar-refractivity contribution < 1.29 is 14.0 Å². The molecule has 1 N–H and O–H groups in total. The molecular weight excluding hydrogens is 376 g/mol. The van der Waals surface area contributed by atoms with Crippen LogP contribution in [0.3, 0.4) is 0 Å². The van der Waals surface area contributed by atoms with Crippen molar-refractivity contribution in [2.45, 2.75) is 39.2 Å². The van der Waals surface area contributed by atoms with Gasteiger partial charge in [-0.3, -0.25) is 9.59 Å². The van der Waals surface area contributed by atoms with Crippen molar-refractivity contribution in [3.05, 3.63) is 77.7 Å². The topological polar surface area (TPSA) is 62.6 Å². The number of hydrogen-bond donors (Lipinski definition) is 1. The van der Waals surface area contributed by atoms with Crippen molar-refractivity contribution in [1.82, 2.24) is 5.32 Å². The van der Waals surface area contributed by atoms with Crippen molar-refractivity contribution in [2.24, 2.45) is 0 Å². The summed E-state index contributed by atoms with van der Waals surface area (Å²) in [6, 6.07) is 17.6. The highest BCUT2D eigenvalue weighted by atomic mass is 16.3. The first kappa shape index (κ1) is 20.0. The van der Waals surface area contributed by atoms with E-state index in [2.05, 4.69) is 11.4 Å². The van der Waals surface area contributed by atoms with Gasteiger partial charge in [-0.2, -0.15) is 0 Å². The molecule has 2 aromatic carbocycles. The first-order valence-corrected chi connectivity index (χ1v) is 10.4. The maximum atomic E-state index is 12.5. The van der Waals surface area contributed by atoms with Crippen LogP contribution >= 0.6 is 0 Å². The largest absolute Gasteiger partial charge is 0.469 e. The average Bonchev–Trinajstić information content (AvgIpc) is 3.42. The van der Waals surface area contributed by atoms with E-state index in [-0.39, 0.29) is 17.9 Å². The summed E-state index contributed by atoms with van der Waals surface area (Å²) in [5.74, 6) is 0.926. The van der Waals surface area contributed by atoms with Crippen LogP contribution in [0, 0.1) is 0 Å². The van der Waals surface area contributed by atoms with E-state index < -0.39 is 0 Å². The number of nitrogens with zero attached hydrogens (tertiary/aromatic N) is 1. The van der Waals surface area contributed by atoms with Gasteiger partial charge in [-0.05, 0) is 66.4 Å². The number of amides is 2. The molecular formula is C25H26N2O3. The van der Waals surface area contributed by atoms with Gasteiger partial charge in [0, 0.05) is 36.7 Å². The van der Waals surface area contributed by atoms with Gasteiger partial charge in [0.05, 0.1) is 6.26 Å². The number of hydrogen-bond acceptors (Lipinski definition) is 3. The first-order chi connectivity index (χ1) is 14.5. The molecule has 0 aliphatic carbocycles. The van der Waals surface area contributed by atoms with Crippen LogP contribution in [0.1, 0.15) is 41.9 Å². The number of nitrogens with one attached hydrogen (secondary N) is 1. The Kier molecular flexibility index (Phi) is 5.70. The molecule has 5 nitrogen and oxygen atoms in total. The van der Waals surface area contributed by atoms with E-state index in [1.165, 1.54) is 5.56 Å². The second-order valence-electron chi connectivity index (χ2n) is 7.73. The SMILES string of the molecule is CCC(=O)N1CCc2cc(-c3ccc(C(=O)N[C@H](C)Cc4ccco4)cc3)ccc21. The van der Waals surface area contributed by atoms with Gasteiger partial charge in [0.1, 0.15) is 5.76 Å². The molecule has 0 radical (unpaired) electrons. The minimum Gasteiger partial charge on any atom is -0.469 e. The molecule has 0 saturated heterocycles. The Morgan fingerprint density at radius 3 is 2.57 bits per heavy atom. The van der Waals surface area contributed by atoms with Gasteiger partial charge in [-0.25, -0.2) is 0 Å². The maximum Gasteiger partial charge on any atom is 0.251 e. The van der Waals surface area contributed by atoms with E-state index in [1.54, 1.807) is 6.26 Å². The zero-order valence-corrected chi connectivity index (χ0v) is 17.4. The van der Waals surface area contributed by atoms with Crippen molar-refractivity contribution >= 4 is 17.5 Å². The number of anilines is 1. The summed E-state index contributed by atoms with van der Waals surface area (Å²) in [4.78, 5) is 26.5. The zero-order chi connectivity index (χ0) is 21.1. The summed E-state index contributed by atoms with van der Waals surface area (Å²) >= 11 is 0. The standard InChI is InChI=1S/C25H26N2O3/c1-3-24(28)27-13-12-21-16-20(10-11-23(21)27)18-6-8-19(9-7-18)25(29)26-17(2)15-22-5-4-14-30-22/h4-11,14,16-17H,3,12-13,15H2,1-2H3,(H,26,29)/t17-/m1/s1. The lowest BCUT2D eigenvalue weighted by atomic mass is 10.0. The van der Waals surface area contributed by atoms with Gasteiger partial charge in [0.15, 0.2) is 0 Å². The molecule has 1 atom stereocenters. The number of furan rings is 1. The van der Waals surface area contributed by atoms with Gasteiger partial charge in [0.2, 0.25) is 5.91 Å². The number of fused-ring (bicyclic) bond motifs is 1. The van der Waals surface area contributed by atoms with Crippen LogP contribution < -0.4 is 10.2 Å². The Bertz CT molecular complexity index is 1040. The fourth-order valence-corrected chi connectivity index (χ4v) is 3.93. The predicted molar refractivity (Wildman–Crippen MR) is 118 cm³/mol. The summed E-state index contributed by atoms with van der Waals surface area (Å²) in [5, 5.41) is 3.01. The van der Waals surface area contributed by atoms with Crippen molar-refractivity contribution in [1.29, 1.82) is 0 Å². The Morgan fingerprint density at radius 1 is 1.10 bits per heavy atom. The molecule has 0 fully saturated rings. The van der Waals surface area contributed by atoms with Crippen LogP contribution in [0.5, 0.6) is 0 Å². The molecule has 1 aromatic heterocycles. The monoisotopic (exact) mass is 402 g/mol. The van der Waals surface area contributed by atoms with Crippen LogP contribution in [-0.4, -0.2) is 24.4 Å². The zero-order valence-electron chi connectivity index (χ0n) is 17.4. The smallest absolute Gasteiger partial charge is 0.251 e. The van der Waals surface area contributed by atoms with E-state index in [0.29, 0.717) is 18.4 Å². The van der Waals surface area contributed by atoms with Crippen molar-refractivity contribution in [2.75, 3.05) is 11.4 Å². The molecule has 2 amide bonds. The molecule has 4 rings (SSSR count). The first-order valence-electron chi connectivity index (χ1n) is 10.4. The van der Waals surface area contributed by atoms with Crippen LogP contribution in [0.2, 0.25) is 0 Å². The fourth-order valence-electron chi connectivity index (χ4n) is 3.93. The molecule has 0 unspecified atom stereocenters. The molecule has 0 spiro atoms. The summed E-state index contributed by atoms with van der Waals surface area (Å²) in [6.07, 6.45) is 3.69.